The zero-order valence-corrected chi connectivity index (χ0v) is 16.5. The van der Waals surface area contributed by atoms with Gasteiger partial charge >= 0.3 is 6.09 Å². The molecule has 0 saturated carbocycles. The van der Waals surface area contributed by atoms with Gasteiger partial charge in [-0.15, -0.1) is 0 Å². The Bertz CT molecular complexity index is 851. The van der Waals surface area contributed by atoms with Crippen molar-refractivity contribution in [3.63, 3.8) is 0 Å². The molecule has 0 radical (unpaired) electrons. The van der Waals surface area contributed by atoms with E-state index >= 15 is 0 Å². The molecule has 0 aliphatic carbocycles. The van der Waals surface area contributed by atoms with Crippen LogP contribution in [-0.2, 0) is 4.74 Å². The fourth-order valence-corrected chi connectivity index (χ4v) is 4.23. The molecule has 2 atom stereocenters. The smallest absolute Gasteiger partial charge is 0.410 e. The van der Waals surface area contributed by atoms with Crippen LogP contribution in [0.4, 0.5) is 14.9 Å². The molecule has 26 heavy (non-hydrogen) atoms. The molecule has 140 valence electrons. The Morgan fingerprint density at radius 3 is 2.58 bits per heavy atom. The molecule has 0 aromatic carbocycles. The van der Waals surface area contributed by atoms with E-state index in [9.17, 15) is 9.18 Å². The van der Waals surface area contributed by atoms with E-state index in [-0.39, 0.29) is 18.2 Å². The van der Waals surface area contributed by atoms with Gasteiger partial charge in [-0.25, -0.2) is 18.7 Å². The molecule has 0 spiro atoms. The van der Waals surface area contributed by atoms with Crippen molar-refractivity contribution in [2.45, 2.75) is 51.3 Å². The van der Waals surface area contributed by atoms with Gasteiger partial charge in [-0.05, 0) is 49.5 Å². The third-order valence-corrected chi connectivity index (χ3v) is 5.18. The molecule has 1 amide bonds. The van der Waals surface area contributed by atoms with Crippen molar-refractivity contribution in [2.75, 3.05) is 18.0 Å². The monoisotopic (exact) mass is 425 g/mol. The predicted molar refractivity (Wildman–Crippen MR) is 97.7 cm³/mol. The number of piperazine rings is 1. The predicted octanol–water partition coefficient (Wildman–Crippen LogP) is 3.22. The molecule has 0 N–H and O–H groups in total. The Hall–Kier alpha value is -1.90. The lowest BCUT2D eigenvalue weighted by Gasteiger charge is -2.42. The molecule has 2 fully saturated rings. The van der Waals surface area contributed by atoms with Gasteiger partial charge in [0.1, 0.15) is 15.9 Å². The Balaban J connectivity index is 1.62. The van der Waals surface area contributed by atoms with Gasteiger partial charge in [0.2, 0.25) is 0 Å². The van der Waals surface area contributed by atoms with Crippen LogP contribution in [-0.4, -0.2) is 56.4 Å². The molecule has 2 aromatic rings. The second-order valence-electron chi connectivity index (χ2n) is 7.85. The number of carbonyl (C=O) groups is 1. The number of nitrogens with zero attached hydrogens (tertiary/aromatic N) is 5. The third-order valence-electron chi connectivity index (χ3n) is 4.79. The van der Waals surface area contributed by atoms with Crippen LogP contribution in [0.1, 0.15) is 33.6 Å². The van der Waals surface area contributed by atoms with Crippen LogP contribution in [0.3, 0.4) is 0 Å². The number of hydrogen-bond acceptors (Lipinski definition) is 5. The minimum atomic E-state index is -0.529. The number of rotatable bonds is 1. The Labute approximate surface area is 159 Å². The largest absolute Gasteiger partial charge is 0.444 e. The van der Waals surface area contributed by atoms with Crippen molar-refractivity contribution in [2.24, 2.45) is 0 Å². The number of fused-ring (bicyclic) bond motifs is 3. The number of aromatic nitrogens is 3. The van der Waals surface area contributed by atoms with Gasteiger partial charge in [0.05, 0.1) is 24.5 Å². The number of hydrogen-bond donors (Lipinski definition) is 0. The lowest BCUT2D eigenvalue weighted by atomic mass is 10.1. The number of ether oxygens (including phenoxy) is 1. The average molecular weight is 426 g/mol. The molecular weight excluding hydrogens is 405 g/mol. The van der Waals surface area contributed by atoms with E-state index in [1.54, 1.807) is 10.7 Å². The molecule has 2 unspecified atom stereocenters. The number of carbonyl (C=O) groups excluding carboxylic acids is 1. The molecule has 9 heteroatoms. The van der Waals surface area contributed by atoms with Gasteiger partial charge in [-0.3, -0.25) is 4.90 Å². The highest BCUT2D eigenvalue weighted by molar-refractivity contribution is 9.10. The van der Waals surface area contributed by atoms with Gasteiger partial charge in [-0.1, -0.05) is 0 Å². The van der Waals surface area contributed by atoms with Gasteiger partial charge in [0.25, 0.3) is 0 Å². The van der Waals surface area contributed by atoms with Gasteiger partial charge in [0.15, 0.2) is 11.5 Å². The normalized spacial score (nSPS) is 23.0. The molecule has 4 rings (SSSR count). The van der Waals surface area contributed by atoms with Crippen LogP contribution in [0.25, 0.3) is 5.65 Å². The Morgan fingerprint density at radius 1 is 1.31 bits per heavy atom. The molecule has 2 aromatic heterocycles. The second-order valence-corrected chi connectivity index (χ2v) is 8.66. The average Bonchev–Trinajstić information content (AvgIpc) is 3.02. The summed E-state index contributed by atoms with van der Waals surface area (Å²) in [5, 5.41) is 4.03. The highest BCUT2D eigenvalue weighted by atomic mass is 79.9. The fraction of sp³-hybridized carbons (Fsp3) is 0.588. The zero-order chi connectivity index (χ0) is 18.6. The SMILES string of the molecule is CC(C)(C)OC(=O)N1C2CCC1CN(c1c(F)cnn3cc(Br)nc13)C2. The van der Waals surface area contributed by atoms with Crippen molar-refractivity contribution in [1.29, 1.82) is 0 Å². The van der Waals surface area contributed by atoms with E-state index in [4.69, 9.17) is 4.74 Å². The summed E-state index contributed by atoms with van der Waals surface area (Å²) in [6, 6.07) is 0.0178. The van der Waals surface area contributed by atoms with Crippen LogP contribution < -0.4 is 4.90 Å². The molecule has 2 bridgehead atoms. The molecule has 2 aliphatic heterocycles. The standard InChI is InChI=1S/C17H21BrFN5O2/c1-17(2,3)26-16(25)24-10-4-5-11(24)8-22(7-10)14-12(19)6-20-23-9-13(18)21-15(14)23/h6,9-11H,4-5,7-8H2,1-3H3. The Kier molecular flexibility index (Phi) is 4.09. The maximum absolute atomic E-state index is 14.6. The molecule has 2 aliphatic rings. The topological polar surface area (TPSA) is 63.0 Å². The summed E-state index contributed by atoms with van der Waals surface area (Å²) < 4.78 is 22.3. The van der Waals surface area contributed by atoms with Crippen LogP contribution in [0.5, 0.6) is 0 Å². The first-order valence-corrected chi connectivity index (χ1v) is 9.48. The van der Waals surface area contributed by atoms with Gasteiger partial charge in [-0.2, -0.15) is 5.10 Å². The Morgan fingerprint density at radius 2 is 1.96 bits per heavy atom. The summed E-state index contributed by atoms with van der Waals surface area (Å²) in [4.78, 5) is 20.7. The van der Waals surface area contributed by atoms with Crippen molar-refractivity contribution >= 4 is 33.4 Å². The van der Waals surface area contributed by atoms with E-state index in [0.29, 0.717) is 29.0 Å². The van der Waals surface area contributed by atoms with Crippen LogP contribution in [0.2, 0.25) is 0 Å². The summed E-state index contributed by atoms with van der Waals surface area (Å²) in [7, 11) is 0. The number of amides is 1. The molecule has 4 heterocycles. The van der Waals surface area contributed by atoms with Crippen LogP contribution in [0.15, 0.2) is 17.0 Å². The van der Waals surface area contributed by atoms with Crippen LogP contribution >= 0.6 is 15.9 Å². The quantitative estimate of drug-likeness (QED) is 0.701. The van der Waals surface area contributed by atoms with Gasteiger partial charge in [0, 0.05) is 13.1 Å². The summed E-state index contributed by atoms with van der Waals surface area (Å²) >= 11 is 3.32. The van der Waals surface area contributed by atoms with Crippen molar-refractivity contribution < 1.29 is 13.9 Å². The minimum absolute atomic E-state index is 0.00891. The molecule has 7 nitrogen and oxygen atoms in total. The summed E-state index contributed by atoms with van der Waals surface area (Å²) in [6.45, 7) is 6.69. The summed E-state index contributed by atoms with van der Waals surface area (Å²) in [5.41, 5.74) is 0.382. The zero-order valence-electron chi connectivity index (χ0n) is 14.9. The van der Waals surface area contributed by atoms with Crippen molar-refractivity contribution in [3.05, 3.63) is 22.8 Å². The fourth-order valence-electron chi connectivity index (χ4n) is 3.86. The molecular formula is C17H21BrFN5O2. The highest BCUT2D eigenvalue weighted by Gasteiger charge is 2.45. The highest BCUT2D eigenvalue weighted by Crippen LogP contribution is 2.36. The van der Waals surface area contributed by atoms with E-state index in [1.165, 1.54) is 6.20 Å². The lowest BCUT2D eigenvalue weighted by molar-refractivity contribution is 0.0123. The summed E-state index contributed by atoms with van der Waals surface area (Å²) in [6.07, 6.45) is 4.40. The minimum Gasteiger partial charge on any atom is -0.444 e. The van der Waals surface area contributed by atoms with Crippen molar-refractivity contribution in [3.8, 4) is 0 Å². The first-order chi connectivity index (χ1) is 12.2. The van der Waals surface area contributed by atoms with Crippen molar-refractivity contribution in [1.82, 2.24) is 19.5 Å². The number of anilines is 1. The number of imidazole rings is 1. The van der Waals surface area contributed by atoms with Crippen LogP contribution in [0, 0.1) is 5.82 Å². The molecule has 2 saturated heterocycles. The first-order valence-electron chi connectivity index (χ1n) is 8.68. The third kappa shape index (κ3) is 3.02. The first kappa shape index (κ1) is 17.5. The maximum atomic E-state index is 14.6. The summed E-state index contributed by atoms with van der Waals surface area (Å²) in [5.74, 6) is -0.402. The van der Waals surface area contributed by atoms with E-state index < -0.39 is 11.4 Å². The second kappa shape index (κ2) is 6.07. The lowest BCUT2D eigenvalue weighted by Crippen LogP contribution is -2.57. The van der Waals surface area contributed by atoms with E-state index in [1.807, 2.05) is 30.6 Å². The van der Waals surface area contributed by atoms with E-state index in [2.05, 4.69) is 26.0 Å². The van der Waals surface area contributed by atoms with Gasteiger partial charge < -0.3 is 9.64 Å². The van der Waals surface area contributed by atoms with E-state index in [0.717, 1.165) is 12.8 Å². The number of halogens is 2. The maximum Gasteiger partial charge on any atom is 0.410 e.